The van der Waals surface area contributed by atoms with Crippen LogP contribution in [0.5, 0.6) is 0 Å². The second-order valence-electron chi connectivity index (χ2n) is 8.99. The molecule has 2 aliphatic rings. The van der Waals surface area contributed by atoms with Gasteiger partial charge in [0.05, 0.1) is 30.9 Å². The maximum absolute atomic E-state index is 13.3. The lowest BCUT2D eigenvalue weighted by Crippen LogP contribution is -2.47. The van der Waals surface area contributed by atoms with Crippen LogP contribution in [0.2, 0.25) is 0 Å². The van der Waals surface area contributed by atoms with Crippen molar-refractivity contribution in [1.82, 2.24) is 19.8 Å². The highest BCUT2D eigenvalue weighted by Crippen LogP contribution is 2.43. The molecule has 2 aromatic heterocycles. The van der Waals surface area contributed by atoms with Gasteiger partial charge in [-0.05, 0) is 23.8 Å². The van der Waals surface area contributed by atoms with E-state index in [1.54, 1.807) is 17.3 Å². The number of alkyl halides is 6. The zero-order chi connectivity index (χ0) is 30.1. The highest BCUT2D eigenvalue weighted by atomic mass is 19.4. The fraction of sp³-hybridized carbons (Fsp3) is 0.458. The Morgan fingerprint density at radius 3 is 2.17 bits per heavy atom. The highest BCUT2D eigenvalue weighted by molar-refractivity contribution is 5.84. The molecule has 2 saturated heterocycles. The van der Waals surface area contributed by atoms with Gasteiger partial charge in [0.1, 0.15) is 0 Å². The van der Waals surface area contributed by atoms with Gasteiger partial charge in [0.2, 0.25) is 5.91 Å². The van der Waals surface area contributed by atoms with E-state index in [0.717, 1.165) is 25.3 Å². The first kappa shape index (κ1) is 32.4. The van der Waals surface area contributed by atoms with Crippen molar-refractivity contribution < 1.29 is 55.7 Å². The number of aromatic nitrogens is 2. The van der Waals surface area contributed by atoms with E-state index in [1.807, 2.05) is 37.5 Å². The molecule has 0 saturated carbocycles. The number of carbonyl (C=O) groups is 3. The molecular formula is C24H26F6N4O6. The van der Waals surface area contributed by atoms with Crippen molar-refractivity contribution in [1.29, 1.82) is 0 Å². The summed E-state index contributed by atoms with van der Waals surface area (Å²) in [6.45, 7) is 4.13. The number of halogens is 6. The lowest BCUT2D eigenvalue weighted by molar-refractivity contribution is -0.193. The molecule has 2 aromatic rings. The molecule has 220 valence electrons. The number of carboxylic acid groups (broad SMARTS) is 2. The number of pyridine rings is 2. The molecule has 0 bridgehead atoms. The van der Waals surface area contributed by atoms with Crippen LogP contribution >= 0.6 is 0 Å². The van der Waals surface area contributed by atoms with Gasteiger partial charge in [-0.2, -0.15) is 26.3 Å². The number of ether oxygens (including phenoxy) is 1. The molecular weight excluding hydrogens is 554 g/mol. The SMILES string of the molecule is CN(Cc1ccccn1)C(=O)[C@]12COC[C@H]1CN(Cc1cccnc1)C2.O=C(O)C(F)(F)F.O=C(O)C(F)(F)F. The number of likely N-dealkylation sites (tertiary alicyclic amines) is 1. The van der Waals surface area contributed by atoms with E-state index >= 15 is 0 Å². The fourth-order valence-electron chi connectivity index (χ4n) is 4.20. The van der Waals surface area contributed by atoms with Crippen LogP contribution in [0.4, 0.5) is 26.3 Å². The molecule has 2 atom stereocenters. The second-order valence-corrected chi connectivity index (χ2v) is 8.99. The zero-order valence-corrected chi connectivity index (χ0v) is 21.0. The van der Waals surface area contributed by atoms with Crippen molar-refractivity contribution in [3.05, 3.63) is 60.2 Å². The molecule has 2 N–H and O–H groups in total. The summed E-state index contributed by atoms with van der Waals surface area (Å²) < 4.78 is 69.2. The number of aliphatic carboxylic acids is 2. The number of nitrogens with zero attached hydrogens (tertiary/aromatic N) is 4. The molecule has 10 nitrogen and oxygen atoms in total. The van der Waals surface area contributed by atoms with Crippen LogP contribution < -0.4 is 0 Å². The van der Waals surface area contributed by atoms with E-state index in [1.165, 1.54) is 5.56 Å². The molecule has 1 amide bonds. The third kappa shape index (κ3) is 9.15. The van der Waals surface area contributed by atoms with Crippen molar-refractivity contribution in [3.8, 4) is 0 Å². The molecule has 0 aliphatic carbocycles. The third-order valence-corrected chi connectivity index (χ3v) is 5.96. The Morgan fingerprint density at radius 2 is 1.68 bits per heavy atom. The van der Waals surface area contributed by atoms with Gasteiger partial charge in [-0.25, -0.2) is 9.59 Å². The Balaban J connectivity index is 0.000000333. The summed E-state index contributed by atoms with van der Waals surface area (Å²) in [5.41, 5.74) is 1.64. The number of fused-ring (bicyclic) bond motifs is 1. The molecule has 0 spiro atoms. The number of rotatable bonds is 5. The number of hydrogen-bond acceptors (Lipinski definition) is 7. The van der Waals surface area contributed by atoms with Crippen molar-refractivity contribution in [2.24, 2.45) is 11.3 Å². The average molecular weight is 580 g/mol. The topological polar surface area (TPSA) is 133 Å². The van der Waals surface area contributed by atoms with Crippen LogP contribution in [0.15, 0.2) is 48.9 Å². The van der Waals surface area contributed by atoms with Crippen LogP contribution in [-0.4, -0.2) is 93.5 Å². The molecule has 40 heavy (non-hydrogen) atoms. The normalized spacial score (nSPS) is 20.3. The van der Waals surface area contributed by atoms with Gasteiger partial charge >= 0.3 is 24.3 Å². The molecule has 4 rings (SSSR count). The van der Waals surface area contributed by atoms with E-state index < -0.39 is 29.7 Å². The Kier molecular flexibility index (Phi) is 11.0. The zero-order valence-electron chi connectivity index (χ0n) is 21.0. The van der Waals surface area contributed by atoms with Gasteiger partial charge in [-0.1, -0.05) is 12.1 Å². The van der Waals surface area contributed by atoms with E-state index in [9.17, 15) is 31.1 Å². The summed E-state index contributed by atoms with van der Waals surface area (Å²) in [5.74, 6) is -5.10. The summed E-state index contributed by atoms with van der Waals surface area (Å²) in [6.07, 6.45) is -4.72. The van der Waals surface area contributed by atoms with Crippen LogP contribution in [-0.2, 0) is 32.2 Å². The Labute approximate surface area is 224 Å². The molecule has 2 aliphatic heterocycles. The summed E-state index contributed by atoms with van der Waals surface area (Å²) in [6, 6.07) is 9.83. The number of carboxylic acids is 2. The lowest BCUT2D eigenvalue weighted by Gasteiger charge is -2.31. The molecule has 0 radical (unpaired) electrons. The van der Waals surface area contributed by atoms with Gasteiger partial charge in [0.25, 0.3) is 0 Å². The monoisotopic (exact) mass is 580 g/mol. The molecule has 0 aromatic carbocycles. The summed E-state index contributed by atoms with van der Waals surface area (Å²) in [5, 5.41) is 14.2. The minimum atomic E-state index is -5.08. The predicted octanol–water partition coefficient (Wildman–Crippen LogP) is 2.85. The molecule has 2 fully saturated rings. The summed E-state index contributed by atoms with van der Waals surface area (Å²) >= 11 is 0. The van der Waals surface area contributed by atoms with Gasteiger partial charge in [-0.15, -0.1) is 0 Å². The summed E-state index contributed by atoms with van der Waals surface area (Å²) in [7, 11) is 1.87. The Bertz CT molecular complexity index is 1110. The Morgan fingerprint density at radius 1 is 1.05 bits per heavy atom. The maximum Gasteiger partial charge on any atom is 0.490 e. The van der Waals surface area contributed by atoms with Gasteiger partial charge < -0.3 is 19.8 Å². The summed E-state index contributed by atoms with van der Waals surface area (Å²) in [4.78, 5) is 43.8. The number of carbonyl (C=O) groups excluding carboxylic acids is 1. The fourth-order valence-corrected chi connectivity index (χ4v) is 4.20. The second kappa shape index (κ2) is 13.5. The molecule has 0 unspecified atom stereocenters. The predicted molar refractivity (Wildman–Crippen MR) is 124 cm³/mol. The number of hydrogen-bond donors (Lipinski definition) is 2. The van der Waals surface area contributed by atoms with Gasteiger partial charge in [0.15, 0.2) is 0 Å². The number of amides is 1. The molecule has 4 heterocycles. The van der Waals surface area contributed by atoms with Crippen molar-refractivity contribution >= 4 is 17.8 Å². The van der Waals surface area contributed by atoms with E-state index in [-0.39, 0.29) is 11.8 Å². The van der Waals surface area contributed by atoms with Crippen molar-refractivity contribution in [2.75, 3.05) is 33.4 Å². The van der Waals surface area contributed by atoms with E-state index in [2.05, 4.69) is 20.9 Å². The minimum absolute atomic E-state index is 0.166. The third-order valence-electron chi connectivity index (χ3n) is 5.96. The smallest absolute Gasteiger partial charge is 0.475 e. The standard InChI is InChI=1S/C20H24N4O2.2C2HF3O2/c1-23(12-18-6-2-3-8-22-18)19(25)20-14-24(11-17(20)13-26-15-20)10-16-5-4-7-21-9-16;2*3-2(4,5)1(6)7/h2-9,17H,10-15H2,1H3;2*(H,6,7)/t17-,20-;;/m1../s1. The average Bonchev–Trinajstić information content (AvgIpc) is 3.42. The Hall–Kier alpha value is -3.79. The van der Waals surface area contributed by atoms with Gasteiger partial charge in [-0.3, -0.25) is 19.7 Å². The highest BCUT2D eigenvalue weighted by Gasteiger charge is 2.56. The first-order chi connectivity index (χ1) is 18.6. The van der Waals surface area contributed by atoms with Gasteiger partial charge in [0, 0.05) is 51.2 Å². The van der Waals surface area contributed by atoms with Crippen LogP contribution in [0.25, 0.3) is 0 Å². The lowest BCUT2D eigenvalue weighted by atomic mass is 9.79. The van der Waals surface area contributed by atoms with Crippen LogP contribution in [0.1, 0.15) is 11.3 Å². The quantitative estimate of drug-likeness (QED) is 0.513. The maximum atomic E-state index is 13.3. The first-order valence-electron chi connectivity index (χ1n) is 11.5. The molecule has 16 heteroatoms. The van der Waals surface area contributed by atoms with Crippen molar-refractivity contribution in [3.63, 3.8) is 0 Å². The largest absolute Gasteiger partial charge is 0.490 e. The minimum Gasteiger partial charge on any atom is -0.475 e. The van der Waals surface area contributed by atoms with Crippen LogP contribution in [0, 0.1) is 11.3 Å². The van der Waals surface area contributed by atoms with E-state index in [4.69, 9.17) is 24.5 Å². The van der Waals surface area contributed by atoms with Crippen LogP contribution in [0.3, 0.4) is 0 Å². The van der Waals surface area contributed by atoms with E-state index in [0.29, 0.717) is 19.8 Å². The van der Waals surface area contributed by atoms with Crippen molar-refractivity contribution in [2.45, 2.75) is 25.4 Å². The first-order valence-corrected chi connectivity index (χ1v) is 11.5.